The molecule has 0 saturated carbocycles. The normalized spacial score (nSPS) is 14.7. The number of hydrogen-bond acceptors (Lipinski definition) is 2. The fourth-order valence-electron chi connectivity index (χ4n) is 2.33. The number of hydrogen-bond donors (Lipinski definition) is 0. The van der Waals surface area contributed by atoms with Crippen molar-refractivity contribution in [3.05, 3.63) is 17.2 Å². The third-order valence-corrected chi connectivity index (χ3v) is 3.00. The van der Waals surface area contributed by atoms with E-state index in [9.17, 15) is 0 Å². The van der Waals surface area contributed by atoms with Gasteiger partial charge >= 0.3 is 0 Å². The first-order valence-corrected chi connectivity index (χ1v) is 5.81. The molecule has 2 rings (SSSR count). The molecule has 0 saturated heterocycles. The zero-order valence-electron chi connectivity index (χ0n) is 9.29. The lowest BCUT2D eigenvalue weighted by Gasteiger charge is -2.16. The summed E-state index contributed by atoms with van der Waals surface area (Å²) in [6.45, 7) is 3.28. The summed E-state index contributed by atoms with van der Waals surface area (Å²) in [5, 5.41) is 8.76. The summed E-state index contributed by atoms with van der Waals surface area (Å²) in [6, 6.07) is 2.21. The van der Waals surface area contributed by atoms with E-state index in [1.165, 1.54) is 24.4 Å². The van der Waals surface area contributed by atoms with Crippen LogP contribution in [-0.4, -0.2) is 9.55 Å². The van der Waals surface area contributed by atoms with Crippen LogP contribution in [0.5, 0.6) is 0 Å². The number of nitrogens with zero attached hydrogens (tertiary/aromatic N) is 3. The Hall–Kier alpha value is -1.30. The molecule has 1 aromatic heterocycles. The minimum atomic E-state index is 0.471. The van der Waals surface area contributed by atoms with Crippen molar-refractivity contribution in [1.29, 1.82) is 5.26 Å². The van der Waals surface area contributed by atoms with Crippen molar-refractivity contribution in [2.24, 2.45) is 0 Å². The Morgan fingerprint density at radius 1 is 1.47 bits per heavy atom. The summed E-state index contributed by atoms with van der Waals surface area (Å²) in [5.74, 6) is 1.19. The fraction of sp³-hybridized carbons (Fsp3) is 0.667. The lowest BCUT2D eigenvalue weighted by molar-refractivity contribution is 0.511. The van der Waals surface area contributed by atoms with Crippen LogP contribution in [-0.2, 0) is 25.8 Å². The van der Waals surface area contributed by atoms with Gasteiger partial charge in [-0.2, -0.15) is 5.26 Å². The van der Waals surface area contributed by atoms with Gasteiger partial charge in [0.25, 0.3) is 0 Å². The van der Waals surface area contributed by atoms with Crippen LogP contribution in [0, 0.1) is 11.3 Å². The lowest BCUT2D eigenvalue weighted by atomic mass is 10.1. The van der Waals surface area contributed by atoms with Crippen molar-refractivity contribution < 1.29 is 0 Å². The van der Waals surface area contributed by atoms with Gasteiger partial charge < -0.3 is 4.57 Å². The SMILES string of the molecule is CCCc1nc(CC#N)c2n1CCCC2. The van der Waals surface area contributed by atoms with Crippen LogP contribution in [0.15, 0.2) is 0 Å². The highest BCUT2D eigenvalue weighted by atomic mass is 15.1. The van der Waals surface area contributed by atoms with E-state index >= 15 is 0 Å². The molecule has 0 bridgehead atoms. The molecule has 0 fully saturated rings. The first-order valence-electron chi connectivity index (χ1n) is 5.81. The van der Waals surface area contributed by atoms with Gasteiger partial charge in [0.05, 0.1) is 18.2 Å². The molecule has 15 heavy (non-hydrogen) atoms. The van der Waals surface area contributed by atoms with Crippen molar-refractivity contribution in [3.8, 4) is 6.07 Å². The second-order valence-corrected chi connectivity index (χ2v) is 4.12. The first kappa shape index (κ1) is 10.2. The Morgan fingerprint density at radius 2 is 2.33 bits per heavy atom. The molecule has 0 N–H and O–H groups in total. The second-order valence-electron chi connectivity index (χ2n) is 4.12. The molecular formula is C12H17N3. The highest BCUT2D eigenvalue weighted by Crippen LogP contribution is 2.21. The standard InChI is InChI=1S/C12H17N3/c1-2-5-12-14-10(7-8-13)11-6-3-4-9-15(11)12/h2-7,9H2,1H3. The predicted octanol–water partition coefficient (Wildman–Crippen LogP) is 2.24. The van der Waals surface area contributed by atoms with E-state index < -0.39 is 0 Å². The number of nitriles is 1. The number of aryl methyl sites for hydroxylation is 1. The van der Waals surface area contributed by atoms with Crippen molar-refractivity contribution in [3.63, 3.8) is 0 Å². The highest BCUT2D eigenvalue weighted by Gasteiger charge is 2.18. The second kappa shape index (κ2) is 4.48. The molecule has 0 aromatic carbocycles. The van der Waals surface area contributed by atoms with E-state index in [2.05, 4.69) is 22.5 Å². The number of aromatic nitrogens is 2. The van der Waals surface area contributed by atoms with Crippen LogP contribution < -0.4 is 0 Å². The Bertz CT molecular complexity index is 384. The van der Waals surface area contributed by atoms with Gasteiger partial charge in [0.2, 0.25) is 0 Å². The van der Waals surface area contributed by atoms with E-state index in [1.807, 2.05) is 0 Å². The van der Waals surface area contributed by atoms with Crippen LogP contribution in [0.4, 0.5) is 0 Å². The van der Waals surface area contributed by atoms with Gasteiger partial charge in [-0.15, -0.1) is 0 Å². The number of fused-ring (bicyclic) bond motifs is 1. The molecule has 0 spiro atoms. The van der Waals surface area contributed by atoms with Gasteiger partial charge in [0.15, 0.2) is 0 Å². The molecule has 0 radical (unpaired) electrons. The Labute approximate surface area is 90.7 Å². The van der Waals surface area contributed by atoms with Crippen LogP contribution in [0.1, 0.15) is 43.4 Å². The summed E-state index contributed by atoms with van der Waals surface area (Å²) in [5.41, 5.74) is 2.35. The molecule has 1 aliphatic heterocycles. The molecule has 0 amide bonds. The zero-order chi connectivity index (χ0) is 10.7. The topological polar surface area (TPSA) is 41.6 Å². The van der Waals surface area contributed by atoms with Gasteiger partial charge in [-0.1, -0.05) is 6.92 Å². The van der Waals surface area contributed by atoms with Gasteiger partial charge in [-0.05, 0) is 25.7 Å². The van der Waals surface area contributed by atoms with Crippen LogP contribution in [0.25, 0.3) is 0 Å². The van der Waals surface area contributed by atoms with Gasteiger partial charge in [0.1, 0.15) is 5.82 Å². The smallest absolute Gasteiger partial charge is 0.109 e. The van der Waals surface area contributed by atoms with Crippen molar-refractivity contribution >= 4 is 0 Å². The fourth-order valence-corrected chi connectivity index (χ4v) is 2.33. The molecule has 3 nitrogen and oxygen atoms in total. The molecule has 2 heterocycles. The van der Waals surface area contributed by atoms with Gasteiger partial charge in [0, 0.05) is 18.7 Å². The molecule has 1 aliphatic rings. The minimum absolute atomic E-state index is 0.471. The van der Waals surface area contributed by atoms with E-state index in [1.54, 1.807) is 0 Å². The molecule has 0 unspecified atom stereocenters. The number of imidazole rings is 1. The maximum Gasteiger partial charge on any atom is 0.109 e. The third kappa shape index (κ3) is 1.90. The molecule has 1 aromatic rings. The van der Waals surface area contributed by atoms with Crippen molar-refractivity contribution in [2.75, 3.05) is 0 Å². The minimum Gasteiger partial charge on any atom is -0.332 e. The Balaban J connectivity index is 2.36. The van der Waals surface area contributed by atoms with Crippen molar-refractivity contribution in [2.45, 2.75) is 52.0 Å². The average Bonchev–Trinajstić information content (AvgIpc) is 2.59. The summed E-state index contributed by atoms with van der Waals surface area (Å²) in [7, 11) is 0. The van der Waals surface area contributed by atoms with Crippen LogP contribution in [0.3, 0.4) is 0 Å². The maximum atomic E-state index is 8.76. The molecule has 0 aliphatic carbocycles. The van der Waals surface area contributed by atoms with Crippen LogP contribution in [0.2, 0.25) is 0 Å². The average molecular weight is 203 g/mol. The Morgan fingerprint density at radius 3 is 3.07 bits per heavy atom. The monoisotopic (exact) mass is 203 g/mol. The predicted molar refractivity (Wildman–Crippen MR) is 58.5 cm³/mol. The molecular weight excluding hydrogens is 186 g/mol. The van der Waals surface area contributed by atoms with E-state index in [-0.39, 0.29) is 0 Å². The van der Waals surface area contributed by atoms with E-state index in [0.29, 0.717) is 6.42 Å². The summed E-state index contributed by atoms with van der Waals surface area (Å²) < 4.78 is 2.35. The molecule has 80 valence electrons. The third-order valence-electron chi connectivity index (χ3n) is 3.00. The van der Waals surface area contributed by atoms with E-state index in [0.717, 1.165) is 31.5 Å². The molecule has 0 atom stereocenters. The largest absolute Gasteiger partial charge is 0.332 e. The van der Waals surface area contributed by atoms with Gasteiger partial charge in [-0.3, -0.25) is 0 Å². The Kier molecular flexibility index (Phi) is 3.05. The summed E-state index contributed by atoms with van der Waals surface area (Å²) in [4.78, 5) is 4.61. The quantitative estimate of drug-likeness (QED) is 0.756. The van der Waals surface area contributed by atoms with Crippen LogP contribution >= 0.6 is 0 Å². The molecule has 3 heteroatoms. The van der Waals surface area contributed by atoms with Gasteiger partial charge in [-0.25, -0.2) is 4.98 Å². The zero-order valence-corrected chi connectivity index (χ0v) is 9.29. The lowest BCUT2D eigenvalue weighted by Crippen LogP contribution is -2.13. The van der Waals surface area contributed by atoms with E-state index in [4.69, 9.17) is 5.26 Å². The first-order chi connectivity index (χ1) is 7.36. The summed E-state index contributed by atoms with van der Waals surface area (Å²) >= 11 is 0. The maximum absolute atomic E-state index is 8.76. The number of rotatable bonds is 3. The van der Waals surface area contributed by atoms with Crippen molar-refractivity contribution in [1.82, 2.24) is 9.55 Å². The summed E-state index contributed by atoms with van der Waals surface area (Å²) in [6.07, 6.45) is 6.25. The highest BCUT2D eigenvalue weighted by molar-refractivity contribution is 5.22.